The maximum atomic E-state index is 14.1. The maximum Gasteiger partial charge on any atom is 0.293 e. The first kappa shape index (κ1) is 50.0. The van der Waals surface area contributed by atoms with Crippen molar-refractivity contribution in [3.8, 4) is 11.5 Å². The van der Waals surface area contributed by atoms with E-state index in [1.807, 2.05) is 18.2 Å². The second-order valence-electron chi connectivity index (χ2n) is 21.0. The van der Waals surface area contributed by atoms with Crippen LogP contribution < -0.4 is 19.7 Å². The summed E-state index contributed by atoms with van der Waals surface area (Å²) in [4.78, 5) is 43.1. The van der Waals surface area contributed by atoms with Crippen LogP contribution in [-0.2, 0) is 14.8 Å². The molecule has 2 aliphatic carbocycles. The van der Waals surface area contributed by atoms with E-state index in [1.165, 1.54) is 28.8 Å². The summed E-state index contributed by atoms with van der Waals surface area (Å²) in [6, 6.07) is 21.8. The number of carbonyl (C=O) groups excluding carboxylic acids is 1. The number of fused-ring (bicyclic) bond motifs is 1. The van der Waals surface area contributed by atoms with Crippen molar-refractivity contribution >= 4 is 61.2 Å². The van der Waals surface area contributed by atoms with Gasteiger partial charge < -0.3 is 24.7 Å². The summed E-state index contributed by atoms with van der Waals surface area (Å²) >= 11 is 6.27. The van der Waals surface area contributed by atoms with E-state index in [1.54, 1.807) is 36.7 Å². The number of nitrogens with one attached hydrogen (secondary N) is 3. The predicted molar refractivity (Wildman–Crippen MR) is 282 cm³/mol. The average Bonchev–Trinajstić information content (AvgIpc) is 3.86. The van der Waals surface area contributed by atoms with Gasteiger partial charge in [0.1, 0.15) is 22.8 Å². The molecule has 5 aromatic rings. The maximum absolute atomic E-state index is 14.1. The Balaban J connectivity index is 0.804. The Morgan fingerprint density at radius 1 is 0.889 bits per heavy atom. The Hall–Kier alpha value is -5.56. The molecule has 5 aliphatic rings. The van der Waals surface area contributed by atoms with Crippen LogP contribution in [0.3, 0.4) is 0 Å². The highest BCUT2D eigenvalue weighted by Crippen LogP contribution is 2.44. The van der Waals surface area contributed by atoms with Gasteiger partial charge in [-0.25, -0.2) is 18.1 Å². The monoisotopic (exact) mass is 1020 g/mol. The van der Waals surface area contributed by atoms with Gasteiger partial charge in [0.15, 0.2) is 0 Å². The molecule has 10 rings (SSSR count). The molecule has 0 bridgehead atoms. The van der Waals surface area contributed by atoms with E-state index in [-0.39, 0.29) is 34.1 Å². The second kappa shape index (κ2) is 21.5. The first-order valence-corrected chi connectivity index (χ1v) is 27.5. The van der Waals surface area contributed by atoms with Crippen LogP contribution in [0.5, 0.6) is 11.5 Å². The van der Waals surface area contributed by atoms with Gasteiger partial charge in [0.25, 0.3) is 21.6 Å². The Morgan fingerprint density at radius 2 is 1.60 bits per heavy atom. The number of amides is 1. The summed E-state index contributed by atoms with van der Waals surface area (Å²) in [5.41, 5.74) is 5.67. The minimum Gasteiger partial charge on any atom is -0.455 e. The molecule has 2 aromatic heterocycles. The molecule has 16 nitrogen and oxygen atoms in total. The van der Waals surface area contributed by atoms with E-state index in [4.69, 9.17) is 21.1 Å². The molecule has 5 heterocycles. The zero-order valence-corrected chi connectivity index (χ0v) is 42.9. The lowest BCUT2D eigenvalue weighted by Crippen LogP contribution is -2.54. The normalized spacial score (nSPS) is 22.0. The number of nitrogens with zero attached hydrogens (tertiary/aromatic N) is 6. The number of allylic oxidation sites excluding steroid dienone is 1. The fourth-order valence-electron chi connectivity index (χ4n) is 11.5. The van der Waals surface area contributed by atoms with Crippen LogP contribution in [0.25, 0.3) is 16.6 Å². The molecule has 0 atom stereocenters. The van der Waals surface area contributed by atoms with Crippen LogP contribution in [0.2, 0.25) is 5.02 Å². The molecule has 382 valence electrons. The molecule has 3 aliphatic heterocycles. The quantitative estimate of drug-likeness (QED) is 0.0709. The zero-order valence-electron chi connectivity index (χ0n) is 41.3. The van der Waals surface area contributed by atoms with Gasteiger partial charge >= 0.3 is 0 Å². The van der Waals surface area contributed by atoms with Crippen molar-refractivity contribution in [3.05, 3.63) is 117 Å². The molecule has 1 amide bonds. The molecule has 3 aromatic carbocycles. The minimum atomic E-state index is -4.58. The summed E-state index contributed by atoms with van der Waals surface area (Å²) in [7, 11) is -4.58. The van der Waals surface area contributed by atoms with Crippen molar-refractivity contribution in [3.63, 3.8) is 0 Å². The Morgan fingerprint density at radius 3 is 2.31 bits per heavy atom. The Kier molecular flexibility index (Phi) is 14.9. The lowest BCUT2D eigenvalue weighted by molar-refractivity contribution is -0.384. The van der Waals surface area contributed by atoms with Gasteiger partial charge in [0.2, 0.25) is 0 Å². The summed E-state index contributed by atoms with van der Waals surface area (Å²) in [6.45, 7) is 14.6. The highest BCUT2D eigenvalue weighted by molar-refractivity contribution is 7.90. The summed E-state index contributed by atoms with van der Waals surface area (Å²) in [5, 5.41) is 17.3. The van der Waals surface area contributed by atoms with Crippen molar-refractivity contribution in [2.75, 3.05) is 82.3 Å². The van der Waals surface area contributed by atoms with Crippen LogP contribution in [0, 0.1) is 15.5 Å². The number of sulfonamides is 1. The van der Waals surface area contributed by atoms with E-state index < -0.39 is 25.7 Å². The highest BCUT2D eigenvalue weighted by Gasteiger charge is 2.34. The predicted octanol–water partition coefficient (Wildman–Crippen LogP) is 9.34. The van der Waals surface area contributed by atoms with E-state index in [0.29, 0.717) is 23.5 Å². The van der Waals surface area contributed by atoms with Gasteiger partial charge in [-0.2, -0.15) is 0 Å². The number of hydrogen-bond donors (Lipinski definition) is 3. The number of halogens is 1. The smallest absolute Gasteiger partial charge is 0.293 e. The lowest BCUT2D eigenvalue weighted by atomic mass is 9.72. The van der Waals surface area contributed by atoms with Crippen molar-refractivity contribution in [1.29, 1.82) is 0 Å². The van der Waals surface area contributed by atoms with Crippen LogP contribution in [-0.4, -0.2) is 134 Å². The molecular formula is C54H66ClN9O7S. The number of aromatic amines is 1. The van der Waals surface area contributed by atoms with Crippen LogP contribution in [0.1, 0.15) is 87.6 Å². The summed E-state index contributed by atoms with van der Waals surface area (Å²) in [5.74, 6) is -0.443. The molecule has 3 N–H and O–H groups in total. The third-order valence-electron chi connectivity index (χ3n) is 15.7. The summed E-state index contributed by atoms with van der Waals surface area (Å²) < 4.78 is 42.0. The lowest BCUT2D eigenvalue weighted by Gasteiger charge is -2.45. The summed E-state index contributed by atoms with van der Waals surface area (Å²) in [6.07, 6.45) is 12.4. The number of anilines is 2. The first-order valence-electron chi connectivity index (χ1n) is 25.6. The molecule has 0 radical (unpaired) electrons. The standard InChI is InChI=1S/C54H66ClN9O7S/c1-54(2)19-15-39(48(34-54)37-3-5-40(55)6-4-37)36-60-21-23-63(24-22-60)44-11-13-47(51(32-44)71-45-31-38-16-20-56-52(38)57-35-45)53(65)59-72(68,69)46-12-14-49(50(33-46)64(66)67)58-41-7-9-42(10-8-41)61-25-27-62(28-26-61)43-17-29-70-30-18-43/h3-6,11-14,16,20,31-33,35,41-43,58H,7-10,15,17-19,21-30,34,36H2,1-2H3,(H,56,57)(H,59,65)/t41-,42-. The van der Waals surface area contributed by atoms with E-state index in [2.05, 4.69) is 65.6 Å². The number of rotatable bonds is 14. The highest BCUT2D eigenvalue weighted by atomic mass is 35.5. The van der Waals surface area contributed by atoms with Crippen molar-refractivity contribution < 1.29 is 27.6 Å². The Bertz CT molecular complexity index is 2900. The largest absolute Gasteiger partial charge is 0.455 e. The van der Waals surface area contributed by atoms with Crippen LogP contribution in [0.15, 0.2) is 95.7 Å². The molecule has 0 unspecified atom stereocenters. The molecule has 72 heavy (non-hydrogen) atoms. The van der Waals surface area contributed by atoms with Crippen molar-refractivity contribution in [1.82, 2.24) is 29.4 Å². The fourth-order valence-corrected chi connectivity index (χ4v) is 12.6. The van der Waals surface area contributed by atoms with Crippen LogP contribution >= 0.6 is 11.6 Å². The number of carbonyl (C=O) groups is 1. The Labute approximate surface area is 427 Å². The number of H-pyrrole nitrogens is 1. The molecule has 0 spiro atoms. The van der Waals surface area contributed by atoms with Gasteiger partial charge in [-0.05, 0) is 123 Å². The third-order valence-corrected chi connectivity index (χ3v) is 17.3. The van der Waals surface area contributed by atoms with E-state index in [0.717, 1.165) is 152 Å². The molecule has 1 saturated carbocycles. The van der Waals surface area contributed by atoms with E-state index >= 15 is 0 Å². The molecule has 18 heteroatoms. The van der Waals surface area contributed by atoms with Gasteiger partial charge in [0.05, 0.1) is 21.6 Å². The molecular weight excluding hydrogens is 954 g/mol. The number of hydrogen-bond acceptors (Lipinski definition) is 13. The number of ether oxygens (including phenoxy) is 2. The molecule has 4 fully saturated rings. The van der Waals surface area contributed by atoms with Crippen molar-refractivity contribution in [2.45, 2.75) is 94.7 Å². The number of piperazine rings is 2. The van der Waals surface area contributed by atoms with Crippen molar-refractivity contribution in [2.24, 2.45) is 5.41 Å². The minimum absolute atomic E-state index is 0.00469. The number of aromatic nitrogens is 2. The topological polar surface area (TPSA) is 179 Å². The number of nitro groups is 1. The van der Waals surface area contributed by atoms with Gasteiger partial charge in [-0.1, -0.05) is 43.2 Å². The third kappa shape index (κ3) is 11.6. The second-order valence-corrected chi connectivity index (χ2v) is 23.1. The first-order chi connectivity index (χ1) is 34.7. The van der Waals surface area contributed by atoms with Gasteiger partial charge in [0, 0.05) is 125 Å². The average molecular weight is 1020 g/mol. The van der Waals surface area contributed by atoms with Crippen LogP contribution in [0.4, 0.5) is 17.1 Å². The van der Waals surface area contributed by atoms with Gasteiger partial charge in [-0.3, -0.25) is 29.6 Å². The zero-order chi connectivity index (χ0) is 50.0. The SMILES string of the molecule is CC1(C)CCC(CN2CCN(c3ccc(C(=O)NS(=O)(=O)c4ccc(N[C@H]5CC[C@H](N6CCN(C7CCOCC7)CC6)CC5)c([N+](=O)[O-])c4)c(Oc4cnc5[nH]ccc5c4)c3)CC2)=C(c2ccc(Cl)cc2)C1. The fraction of sp³-hybridized carbons (Fsp3) is 0.481. The number of nitro benzene ring substituents is 1. The molecule has 3 saturated heterocycles. The number of pyridine rings is 1. The van der Waals surface area contributed by atoms with E-state index in [9.17, 15) is 23.3 Å². The number of benzene rings is 3. The van der Waals surface area contributed by atoms with Gasteiger partial charge in [-0.15, -0.1) is 0 Å².